The molecule has 1 atom stereocenters. The van der Waals surface area contributed by atoms with Crippen LogP contribution in [0.1, 0.15) is 18.9 Å². The Labute approximate surface area is 110 Å². The van der Waals surface area contributed by atoms with E-state index in [4.69, 9.17) is 10.5 Å². The molecule has 0 saturated carbocycles. The van der Waals surface area contributed by atoms with E-state index >= 15 is 0 Å². The molecule has 4 nitrogen and oxygen atoms in total. The van der Waals surface area contributed by atoms with E-state index in [-0.39, 0.29) is 0 Å². The zero-order valence-corrected chi connectivity index (χ0v) is 11.0. The third-order valence-electron chi connectivity index (χ3n) is 2.65. The molecule has 0 aliphatic heterocycles. The molecule has 0 unspecified atom stereocenters. The summed E-state index contributed by atoms with van der Waals surface area (Å²) in [7, 11) is 0. The zero-order chi connectivity index (χ0) is 14.4. The second-order valence-electron chi connectivity index (χ2n) is 4.19. The van der Waals surface area contributed by atoms with Crippen LogP contribution in [-0.4, -0.2) is 25.0 Å². The van der Waals surface area contributed by atoms with E-state index in [2.05, 4.69) is 5.32 Å². The average molecular weight is 272 g/mol. The summed E-state index contributed by atoms with van der Waals surface area (Å²) in [6.45, 7) is 2.93. The van der Waals surface area contributed by atoms with Crippen LogP contribution in [-0.2, 0) is 4.79 Å². The predicted molar refractivity (Wildman–Crippen MR) is 69.6 cm³/mol. The lowest BCUT2D eigenvalue weighted by Crippen LogP contribution is -2.34. The molecule has 1 aromatic rings. The van der Waals surface area contributed by atoms with Crippen molar-refractivity contribution in [3.05, 3.63) is 23.8 Å². The number of aryl methyl sites for hydroxylation is 1. The number of carbonyl (C=O) groups excluding carboxylic acids is 1. The third-order valence-corrected chi connectivity index (χ3v) is 2.65. The van der Waals surface area contributed by atoms with Gasteiger partial charge < -0.3 is 15.8 Å². The van der Waals surface area contributed by atoms with Crippen molar-refractivity contribution < 1.29 is 18.3 Å². The van der Waals surface area contributed by atoms with Crippen molar-refractivity contribution in [1.82, 2.24) is 0 Å². The second-order valence-corrected chi connectivity index (χ2v) is 4.19. The molecule has 0 aromatic heterocycles. The number of ether oxygens (including phenoxy) is 1. The number of primary amides is 1. The van der Waals surface area contributed by atoms with E-state index in [9.17, 15) is 13.6 Å². The summed E-state index contributed by atoms with van der Waals surface area (Å²) >= 11 is 0. The number of alkyl halides is 2. The van der Waals surface area contributed by atoms with Crippen molar-refractivity contribution in [2.45, 2.75) is 32.7 Å². The Bertz CT molecular complexity index is 439. The molecule has 0 aliphatic carbocycles. The van der Waals surface area contributed by atoms with Crippen LogP contribution in [0.5, 0.6) is 5.75 Å². The van der Waals surface area contributed by atoms with Gasteiger partial charge in [-0.3, -0.25) is 4.79 Å². The quantitative estimate of drug-likeness (QED) is 0.800. The first-order valence-corrected chi connectivity index (χ1v) is 6.01. The minimum absolute atomic E-state index is 0.365. The van der Waals surface area contributed by atoms with E-state index in [1.165, 1.54) is 0 Å². The number of rotatable bonds is 7. The van der Waals surface area contributed by atoms with E-state index in [0.29, 0.717) is 17.9 Å². The van der Waals surface area contributed by atoms with Gasteiger partial charge in [0.15, 0.2) is 0 Å². The van der Waals surface area contributed by atoms with Crippen LogP contribution in [0.15, 0.2) is 18.2 Å². The topological polar surface area (TPSA) is 64.3 Å². The van der Waals surface area contributed by atoms with Crippen molar-refractivity contribution in [3.8, 4) is 5.75 Å². The van der Waals surface area contributed by atoms with E-state index in [1.807, 2.05) is 6.92 Å². The first-order valence-electron chi connectivity index (χ1n) is 6.01. The largest absolute Gasteiger partial charge is 0.487 e. The van der Waals surface area contributed by atoms with Crippen LogP contribution in [0.2, 0.25) is 0 Å². The fraction of sp³-hybridized carbons (Fsp3) is 0.462. The average Bonchev–Trinajstić information content (AvgIpc) is 2.35. The van der Waals surface area contributed by atoms with Gasteiger partial charge in [0.1, 0.15) is 18.4 Å². The second kappa shape index (κ2) is 6.92. The molecule has 0 aliphatic rings. The lowest BCUT2D eigenvalue weighted by atomic mass is 10.1. The fourth-order valence-corrected chi connectivity index (χ4v) is 1.57. The molecule has 0 saturated heterocycles. The number of hydrogen-bond acceptors (Lipinski definition) is 3. The maximum atomic E-state index is 12.1. The summed E-state index contributed by atoms with van der Waals surface area (Å²) in [5, 5.41) is 2.94. The van der Waals surface area contributed by atoms with Crippen LogP contribution >= 0.6 is 0 Å². The normalized spacial score (nSPS) is 12.3. The van der Waals surface area contributed by atoms with E-state index < -0.39 is 25.0 Å². The summed E-state index contributed by atoms with van der Waals surface area (Å²) < 4.78 is 29.3. The molecule has 1 amide bonds. The van der Waals surface area contributed by atoms with Gasteiger partial charge in [-0.1, -0.05) is 13.0 Å². The third kappa shape index (κ3) is 4.73. The Kier molecular flexibility index (Phi) is 5.54. The highest BCUT2D eigenvalue weighted by molar-refractivity contribution is 5.82. The highest BCUT2D eigenvalue weighted by Crippen LogP contribution is 2.23. The van der Waals surface area contributed by atoms with Gasteiger partial charge in [-0.15, -0.1) is 0 Å². The molecule has 1 aromatic carbocycles. The molecule has 106 valence electrons. The molecular weight excluding hydrogens is 254 g/mol. The summed E-state index contributed by atoms with van der Waals surface area (Å²) in [5.41, 5.74) is 6.59. The minimum atomic E-state index is -2.52. The monoisotopic (exact) mass is 272 g/mol. The van der Waals surface area contributed by atoms with Gasteiger partial charge in [0.25, 0.3) is 6.43 Å². The van der Waals surface area contributed by atoms with Gasteiger partial charge in [0.2, 0.25) is 5.91 Å². The molecule has 0 heterocycles. The van der Waals surface area contributed by atoms with Crippen LogP contribution in [0.4, 0.5) is 14.5 Å². The summed E-state index contributed by atoms with van der Waals surface area (Å²) in [6, 6.07) is 4.57. The van der Waals surface area contributed by atoms with Crippen molar-refractivity contribution >= 4 is 11.6 Å². The van der Waals surface area contributed by atoms with E-state index in [1.54, 1.807) is 25.1 Å². The smallest absolute Gasteiger partial charge is 0.272 e. The molecule has 19 heavy (non-hydrogen) atoms. The predicted octanol–water partition coefficient (Wildman–Crippen LogP) is 2.31. The van der Waals surface area contributed by atoms with Gasteiger partial charge in [-0.05, 0) is 25.0 Å². The maximum absolute atomic E-state index is 12.1. The van der Waals surface area contributed by atoms with Crippen LogP contribution in [0, 0.1) is 6.92 Å². The molecule has 0 fully saturated rings. The highest BCUT2D eigenvalue weighted by Gasteiger charge is 2.13. The van der Waals surface area contributed by atoms with Gasteiger partial charge >= 0.3 is 0 Å². The Balaban J connectivity index is 2.80. The molecule has 3 N–H and O–H groups in total. The lowest BCUT2D eigenvalue weighted by molar-refractivity contribution is -0.118. The van der Waals surface area contributed by atoms with Crippen molar-refractivity contribution in [1.29, 1.82) is 0 Å². The van der Waals surface area contributed by atoms with Gasteiger partial charge in [-0.2, -0.15) is 0 Å². The number of nitrogens with two attached hydrogens (primary N) is 1. The van der Waals surface area contributed by atoms with Gasteiger partial charge in [0, 0.05) is 11.8 Å². The SMILES string of the molecule is CC[C@H](Nc1ccc(C)c(OCC(F)F)c1)C(N)=O. The van der Waals surface area contributed by atoms with Crippen molar-refractivity contribution in [2.24, 2.45) is 5.73 Å². The number of benzene rings is 1. The van der Waals surface area contributed by atoms with Crippen LogP contribution < -0.4 is 15.8 Å². The molecule has 0 bridgehead atoms. The van der Waals surface area contributed by atoms with E-state index in [0.717, 1.165) is 5.56 Å². The number of hydrogen-bond donors (Lipinski definition) is 2. The molecule has 0 spiro atoms. The minimum Gasteiger partial charge on any atom is -0.487 e. The van der Waals surface area contributed by atoms with Crippen LogP contribution in [0.25, 0.3) is 0 Å². The molecule has 6 heteroatoms. The summed E-state index contributed by atoms with van der Waals surface area (Å²) in [4.78, 5) is 11.1. The highest BCUT2D eigenvalue weighted by atomic mass is 19.3. The fourth-order valence-electron chi connectivity index (χ4n) is 1.57. The number of halogens is 2. The Morgan fingerprint density at radius 2 is 2.16 bits per heavy atom. The molecular formula is C13H18F2N2O2. The van der Waals surface area contributed by atoms with Gasteiger partial charge in [-0.25, -0.2) is 8.78 Å². The Morgan fingerprint density at radius 3 is 2.68 bits per heavy atom. The van der Waals surface area contributed by atoms with Crippen molar-refractivity contribution in [2.75, 3.05) is 11.9 Å². The zero-order valence-electron chi connectivity index (χ0n) is 11.0. The Hall–Kier alpha value is -1.85. The molecule has 1 rings (SSSR count). The first-order chi connectivity index (χ1) is 8.93. The van der Waals surface area contributed by atoms with Gasteiger partial charge in [0.05, 0.1) is 0 Å². The standard InChI is InChI=1S/C13H18F2N2O2/c1-3-10(13(16)18)17-9-5-4-8(2)11(6-9)19-7-12(14)15/h4-6,10,12,17H,3,7H2,1-2H3,(H2,16,18)/t10-/m0/s1. The number of carbonyl (C=O) groups is 1. The van der Waals surface area contributed by atoms with Crippen LogP contribution in [0.3, 0.4) is 0 Å². The number of anilines is 1. The summed E-state index contributed by atoms with van der Waals surface area (Å²) in [6.07, 6.45) is -1.98. The lowest BCUT2D eigenvalue weighted by Gasteiger charge is -2.16. The number of amides is 1. The molecule has 0 radical (unpaired) electrons. The maximum Gasteiger partial charge on any atom is 0.272 e. The summed E-state index contributed by atoms with van der Waals surface area (Å²) in [5.74, 6) is -0.0947. The Morgan fingerprint density at radius 1 is 1.47 bits per heavy atom. The van der Waals surface area contributed by atoms with Crippen molar-refractivity contribution in [3.63, 3.8) is 0 Å². The first kappa shape index (κ1) is 15.2. The number of nitrogens with one attached hydrogen (secondary N) is 1.